The molecule has 2 aliphatic rings. The summed E-state index contributed by atoms with van der Waals surface area (Å²) in [7, 11) is 1.42. The lowest BCUT2D eigenvalue weighted by atomic mass is 9.86. The van der Waals surface area contributed by atoms with Gasteiger partial charge in [0.2, 0.25) is 11.8 Å². The van der Waals surface area contributed by atoms with Crippen molar-refractivity contribution in [2.24, 2.45) is 0 Å². The second-order valence-electron chi connectivity index (χ2n) is 9.08. The normalized spacial score (nSPS) is 19.1. The monoisotopic (exact) mass is 480 g/mol. The minimum absolute atomic E-state index is 0.122. The van der Waals surface area contributed by atoms with Gasteiger partial charge in [-0.05, 0) is 49.4 Å². The van der Waals surface area contributed by atoms with Crippen molar-refractivity contribution in [2.75, 3.05) is 25.5 Å². The minimum atomic E-state index is -2.71. The van der Waals surface area contributed by atoms with Crippen LogP contribution in [0.15, 0.2) is 36.8 Å². The van der Waals surface area contributed by atoms with Crippen LogP contribution in [0.3, 0.4) is 0 Å². The van der Waals surface area contributed by atoms with Crippen LogP contribution < -0.4 is 10.1 Å². The number of hydrogen-bond acceptors (Lipinski definition) is 7. The summed E-state index contributed by atoms with van der Waals surface area (Å²) < 4.78 is 32.0. The van der Waals surface area contributed by atoms with Gasteiger partial charge in [0.25, 0.3) is 6.43 Å². The number of hydrogen-bond donors (Lipinski definition) is 1. The summed E-state index contributed by atoms with van der Waals surface area (Å²) in [5.41, 5.74) is 2.56. The number of aromatic nitrogens is 4. The molecule has 3 aromatic rings. The zero-order valence-electron chi connectivity index (χ0n) is 19.6. The number of nitrogens with zero attached hydrogens (tertiary/aromatic N) is 5. The molecule has 0 unspecified atom stereocenters. The number of aryl methyl sites for hydroxylation is 2. The Morgan fingerprint density at radius 3 is 2.77 bits per heavy atom. The topological polar surface area (TPSA) is 93.1 Å². The largest absolute Gasteiger partial charge is 0.481 e. The highest BCUT2D eigenvalue weighted by atomic mass is 19.3. The number of amides is 1. The fourth-order valence-electron chi connectivity index (χ4n) is 4.91. The predicted octanol–water partition coefficient (Wildman–Crippen LogP) is 3.76. The Labute approximate surface area is 201 Å². The molecule has 1 atom stereocenters. The third-order valence-electron chi connectivity index (χ3n) is 6.85. The SMILES string of the molecule is COc1cc(CC(=O)N2CC[C@@]3(CCc4cc(-c5ncccn5)c(C)nc4N3)C2)c(C(F)F)cn1. The Balaban J connectivity index is 1.31. The molecular formula is C25H26F2N6O2. The van der Waals surface area contributed by atoms with Crippen molar-refractivity contribution >= 4 is 11.7 Å². The number of ether oxygens (including phenoxy) is 1. The van der Waals surface area contributed by atoms with Gasteiger partial charge < -0.3 is 15.0 Å². The van der Waals surface area contributed by atoms with Crippen LogP contribution in [0.5, 0.6) is 5.88 Å². The molecule has 0 saturated carbocycles. The van der Waals surface area contributed by atoms with Crippen LogP contribution in [-0.2, 0) is 17.6 Å². The lowest BCUT2D eigenvalue weighted by Crippen LogP contribution is -2.45. The van der Waals surface area contributed by atoms with Gasteiger partial charge in [0.05, 0.1) is 24.8 Å². The van der Waals surface area contributed by atoms with Gasteiger partial charge in [-0.2, -0.15) is 0 Å². The van der Waals surface area contributed by atoms with E-state index >= 15 is 0 Å². The van der Waals surface area contributed by atoms with Gasteiger partial charge in [-0.15, -0.1) is 0 Å². The summed E-state index contributed by atoms with van der Waals surface area (Å²) in [6.45, 7) is 2.99. The number of alkyl halides is 2. The van der Waals surface area contributed by atoms with Crippen LogP contribution >= 0.6 is 0 Å². The summed E-state index contributed by atoms with van der Waals surface area (Å²) in [5.74, 6) is 1.49. The Morgan fingerprint density at radius 1 is 1.23 bits per heavy atom. The number of carbonyl (C=O) groups is 1. The molecule has 1 spiro atoms. The molecule has 0 aromatic carbocycles. The Kier molecular flexibility index (Phi) is 6.04. The summed E-state index contributed by atoms with van der Waals surface area (Å²) in [5, 5.41) is 3.59. The first-order chi connectivity index (χ1) is 16.9. The summed E-state index contributed by atoms with van der Waals surface area (Å²) >= 11 is 0. The van der Waals surface area contributed by atoms with Crippen LogP contribution in [0, 0.1) is 6.92 Å². The van der Waals surface area contributed by atoms with Crippen molar-refractivity contribution in [3.63, 3.8) is 0 Å². The Bertz CT molecular complexity index is 1260. The van der Waals surface area contributed by atoms with E-state index in [9.17, 15) is 13.6 Å². The predicted molar refractivity (Wildman–Crippen MR) is 125 cm³/mol. The molecule has 0 aliphatic carbocycles. The Morgan fingerprint density at radius 2 is 2.03 bits per heavy atom. The summed E-state index contributed by atoms with van der Waals surface area (Å²) in [6, 6.07) is 5.29. The third kappa shape index (κ3) is 4.52. The maximum atomic E-state index is 13.5. The van der Waals surface area contributed by atoms with Crippen LogP contribution in [-0.4, -0.2) is 56.5 Å². The molecule has 1 N–H and O–H groups in total. The molecule has 3 aromatic heterocycles. The van der Waals surface area contributed by atoms with Crippen LogP contribution in [0.1, 0.15) is 41.7 Å². The van der Waals surface area contributed by atoms with Gasteiger partial charge in [-0.1, -0.05) is 0 Å². The van der Waals surface area contributed by atoms with Crippen molar-refractivity contribution in [2.45, 2.75) is 44.6 Å². The summed E-state index contributed by atoms with van der Waals surface area (Å²) in [6.07, 6.45) is 4.10. The maximum Gasteiger partial charge on any atom is 0.265 e. The average Bonchev–Trinajstić information content (AvgIpc) is 3.27. The van der Waals surface area contributed by atoms with E-state index in [0.717, 1.165) is 48.1 Å². The number of anilines is 1. The third-order valence-corrected chi connectivity index (χ3v) is 6.85. The van der Waals surface area contributed by atoms with Gasteiger partial charge in [0.1, 0.15) is 5.82 Å². The Hall–Kier alpha value is -3.69. The van der Waals surface area contributed by atoms with E-state index in [1.807, 2.05) is 6.92 Å². The van der Waals surface area contributed by atoms with Gasteiger partial charge >= 0.3 is 0 Å². The molecule has 35 heavy (non-hydrogen) atoms. The number of halogens is 2. The molecule has 10 heteroatoms. The summed E-state index contributed by atoms with van der Waals surface area (Å²) in [4.78, 5) is 32.2. The second-order valence-corrected chi connectivity index (χ2v) is 9.08. The fraction of sp³-hybridized carbons (Fsp3) is 0.400. The number of pyridine rings is 2. The molecule has 5 rings (SSSR count). The maximum absolute atomic E-state index is 13.5. The fourth-order valence-corrected chi connectivity index (χ4v) is 4.91. The number of fused-ring (bicyclic) bond motifs is 1. The molecule has 1 fully saturated rings. The molecule has 0 bridgehead atoms. The van der Waals surface area contributed by atoms with Crippen molar-refractivity contribution in [3.05, 3.63) is 59.2 Å². The number of carbonyl (C=O) groups excluding carboxylic acids is 1. The smallest absolute Gasteiger partial charge is 0.265 e. The number of rotatable bonds is 5. The van der Waals surface area contributed by atoms with Crippen LogP contribution in [0.2, 0.25) is 0 Å². The van der Waals surface area contributed by atoms with E-state index < -0.39 is 6.43 Å². The zero-order chi connectivity index (χ0) is 24.6. The molecule has 0 radical (unpaired) electrons. The zero-order valence-corrected chi connectivity index (χ0v) is 19.6. The molecular weight excluding hydrogens is 454 g/mol. The molecule has 1 amide bonds. The second kappa shape index (κ2) is 9.16. The van der Waals surface area contributed by atoms with Gasteiger partial charge in [0.15, 0.2) is 5.82 Å². The molecule has 1 saturated heterocycles. The van der Waals surface area contributed by atoms with E-state index in [0.29, 0.717) is 18.9 Å². The first-order valence-electron chi connectivity index (χ1n) is 11.5. The number of likely N-dealkylation sites (tertiary alicyclic amines) is 1. The lowest BCUT2D eigenvalue weighted by molar-refractivity contribution is -0.129. The van der Waals surface area contributed by atoms with Crippen LogP contribution in [0.25, 0.3) is 11.4 Å². The van der Waals surface area contributed by atoms with E-state index in [1.165, 1.54) is 13.2 Å². The molecule has 182 valence electrons. The number of methoxy groups -OCH3 is 1. The van der Waals surface area contributed by atoms with E-state index in [-0.39, 0.29) is 34.9 Å². The van der Waals surface area contributed by atoms with Crippen molar-refractivity contribution in [1.82, 2.24) is 24.8 Å². The van der Waals surface area contributed by atoms with Crippen molar-refractivity contribution < 1.29 is 18.3 Å². The van der Waals surface area contributed by atoms with Crippen molar-refractivity contribution in [3.8, 4) is 17.3 Å². The highest BCUT2D eigenvalue weighted by Crippen LogP contribution is 2.38. The van der Waals surface area contributed by atoms with Crippen molar-refractivity contribution in [1.29, 1.82) is 0 Å². The number of nitrogens with one attached hydrogen (secondary N) is 1. The highest BCUT2D eigenvalue weighted by Gasteiger charge is 2.42. The minimum Gasteiger partial charge on any atom is -0.481 e. The van der Waals surface area contributed by atoms with Crippen LogP contribution in [0.4, 0.5) is 14.6 Å². The average molecular weight is 481 g/mol. The lowest BCUT2D eigenvalue weighted by Gasteiger charge is -2.36. The van der Waals surface area contributed by atoms with E-state index in [2.05, 4.69) is 26.3 Å². The van der Waals surface area contributed by atoms with Gasteiger partial charge in [0, 0.05) is 48.9 Å². The van der Waals surface area contributed by atoms with E-state index in [1.54, 1.807) is 23.4 Å². The highest BCUT2D eigenvalue weighted by molar-refractivity contribution is 5.80. The molecule has 8 nitrogen and oxygen atoms in total. The van der Waals surface area contributed by atoms with E-state index in [4.69, 9.17) is 9.72 Å². The van der Waals surface area contributed by atoms with Gasteiger partial charge in [-0.25, -0.2) is 28.7 Å². The van der Waals surface area contributed by atoms with Gasteiger partial charge in [-0.3, -0.25) is 4.79 Å². The standard InChI is InChI=1S/C25H26F2N6O2/c1-15-18(24-28-7-3-8-29-24)10-16-4-5-25(32-23(16)31-15)6-9-33(14-25)21(34)12-17-11-20(35-2)30-13-19(17)22(26)27/h3,7-8,10-11,13,22H,4-6,9,12,14H2,1-2H3,(H,31,32)/t25-/m0/s1. The first kappa shape index (κ1) is 23.1. The first-order valence-corrected chi connectivity index (χ1v) is 11.5. The molecule has 5 heterocycles. The quantitative estimate of drug-likeness (QED) is 0.594. The molecule has 2 aliphatic heterocycles.